The molecule has 0 spiro atoms. The van der Waals surface area contributed by atoms with E-state index in [4.69, 9.17) is 4.55 Å². The molecule has 0 fully saturated rings. The van der Waals surface area contributed by atoms with Gasteiger partial charge < -0.3 is 4.80 Å². The Labute approximate surface area is 117 Å². The van der Waals surface area contributed by atoms with Crippen molar-refractivity contribution in [3.63, 3.8) is 0 Å². The van der Waals surface area contributed by atoms with Gasteiger partial charge in [0.15, 0.2) is 8.32 Å². The standard InChI is InChI=1S/C7H8O3S.C6H16OSi/c1-6-2-4-7(5-3-6)11(8,9)10;1-6(2,3)8(4,5)7/h2-5H,1H3,(H,8,9,10);7H,1-5H3. The van der Waals surface area contributed by atoms with E-state index in [1.54, 1.807) is 12.1 Å². The maximum absolute atomic E-state index is 10.5. The zero-order valence-electron chi connectivity index (χ0n) is 12.4. The molecule has 2 N–H and O–H groups in total. The van der Waals surface area contributed by atoms with Gasteiger partial charge in [0.05, 0.1) is 4.90 Å². The fraction of sp³-hybridized carbons (Fsp3) is 0.538. The van der Waals surface area contributed by atoms with Crippen molar-refractivity contribution in [2.45, 2.75) is 50.7 Å². The summed E-state index contributed by atoms with van der Waals surface area (Å²) in [4.78, 5) is 9.43. The highest BCUT2D eigenvalue weighted by molar-refractivity contribution is 7.85. The Hall–Kier alpha value is -0.693. The first-order valence-electron chi connectivity index (χ1n) is 6.02. The predicted octanol–water partition coefficient (Wildman–Crippen LogP) is 3.23. The van der Waals surface area contributed by atoms with Crippen molar-refractivity contribution in [2.24, 2.45) is 0 Å². The molecular formula is C13H24O4SSi. The largest absolute Gasteiger partial charge is 0.432 e. The molecule has 0 heterocycles. The third-order valence-electron chi connectivity index (χ3n) is 3.15. The van der Waals surface area contributed by atoms with Crippen LogP contribution < -0.4 is 0 Å². The highest BCUT2D eigenvalue weighted by Crippen LogP contribution is 2.33. The highest BCUT2D eigenvalue weighted by Gasteiger charge is 2.32. The summed E-state index contributed by atoms with van der Waals surface area (Å²) in [5, 5.41) is 0.132. The Morgan fingerprint density at radius 3 is 1.58 bits per heavy atom. The maximum atomic E-state index is 10.5. The van der Waals surface area contributed by atoms with Crippen LogP contribution in [0.2, 0.25) is 18.1 Å². The molecule has 0 aromatic heterocycles. The zero-order valence-corrected chi connectivity index (χ0v) is 14.2. The second-order valence-corrected chi connectivity index (χ2v) is 12.1. The van der Waals surface area contributed by atoms with Crippen molar-refractivity contribution in [1.29, 1.82) is 0 Å². The summed E-state index contributed by atoms with van der Waals surface area (Å²) in [5.74, 6) is 0. The summed E-state index contributed by atoms with van der Waals surface area (Å²) in [6.45, 7) is 12.0. The molecule has 0 unspecified atom stereocenters. The fourth-order valence-electron chi connectivity index (χ4n) is 0.710. The van der Waals surface area contributed by atoms with Crippen LogP contribution in [0.5, 0.6) is 0 Å². The summed E-state index contributed by atoms with van der Waals surface area (Å²) < 4.78 is 29.6. The van der Waals surface area contributed by atoms with Crippen molar-refractivity contribution < 1.29 is 17.8 Å². The highest BCUT2D eigenvalue weighted by atomic mass is 32.2. The van der Waals surface area contributed by atoms with Crippen molar-refractivity contribution in [3.8, 4) is 0 Å². The molecule has 1 rings (SSSR count). The van der Waals surface area contributed by atoms with Crippen molar-refractivity contribution >= 4 is 18.4 Å². The average Bonchev–Trinajstić information content (AvgIpc) is 2.14. The lowest BCUT2D eigenvalue weighted by Crippen LogP contribution is -2.36. The first-order chi connectivity index (χ1) is 8.25. The van der Waals surface area contributed by atoms with Gasteiger partial charge in [0.1, 0.15) is 0 Å². The molecule has 0 saturated heterocycles. The summed E-state index contributed by atoms with van der Waals surface area (Å²) in [6, 6.07) is 5.99. The topological polar surface area (TPSA) is 74.6 Å². The summed E-state index contributed by atoms with van der Waals surface area (Å²) in [6.07, 6.45) is 0. The lowest BCUT2D eigenvalue weighted by atomic mass is 10.2. The molecule has 0 atom stereocenters. The van der Waals surface area contributed by atoms with Crippen LogP contribution in [-0.4, -0.2) is 26.1 Å². The number of hydrogen-bond donors (Lipinski definition) is 2. The first-order valence-corrected chi connectivity index (χ1v) is 10.4. The summed E-state index contributed by atoms with van der Waals surface area (Å²) >= 11 is 0. The Morgan fingerprint density at radius 2 is 1.37 bits per heavy atom. The normalized spacial score (nSPS) is 12.6. The van der Waals surface area contributed by atoms with Gasteiger partial charge in [-0.1, -0.05) is 38.5 Å². The predicted molar refractivity (Wildman–Crippen MR) is 80.4 cm³/mol. The minimum absolute atomic E-state index is 0.0666. The van der Waals surface area contributed by atoms with Crippen LogP contribution in [0.3, 0.4) is 0 Å². The fourth-order valence-corrected chi connectivity index (χ4v) is 1.19. The minimum atomic E-state index is -4.02. The molecule has 110 valence electrons. The van der Waals surface area contributed by atoms with Crippen LogP contribution in [0, 0.1) is 6.92 Å². The SMILES string of the molecule is CC(C)(C)[Si](C)(C)O.Cc1ccc(S(=O)(=O)O)cc1. The minimum Gasteiger partial charge on any atom is -0.432 e. The van der Waals surface area contributed by atoms with Crippen LogP contribution in [0.1, 0.15) is 26.3 Å². The third-order valence-corrected chi connectivity index (χ3v) is 7.69. The molecule has 0 amide bonds. The van der Waals surface area contributed by atoms with E-state index in [0.29, 0.717) is 0 Å². The Balaban J connectivity index is 0.000000362. The molecule has 0 radical (unpaired) electrons. The third kappa shape index (κ3) is 6.86. The van der Waals surface area contributed by atoms with Gasteiger partial charge in [0.2, 0.25) is 0 Å². The van der Waals surface area contributed by atoms with Crippen molar-refractivity contribution in [1.82, 2.24) is 0 Å². The number of rotatable bonds is 1. The van der Waals surface area contributed by atoms with E-state index < -0.39 is 18.4 Å². The van der Waals surface area contributed by atoms with Crippen molar-refractivity contribution in [3.05, 3.63) is 29.8 Å². The van der Waals surface area contributed by atoms with Crippen LogP contribution in [0.25, 0.3) is 0 Å². The first kappa shape index (κ1) is 18.3. The molecule has 1 aromatic rings. The van der Waals surface area contributed by atoms with Gasteiger partial charge in [0.25, 0.3) is 10.1 Å². The van der Waals surface area contributed by atoms with Gasteiger partial charge in [-0.05, 0) is 37.2 Å². The molecule has 0 saturated carbocycles. The molecule has 4 nitrogen and oxygen atoms in total. The molecular weight excluding hydrogens is 280 g/mol. The van der Waals surface area contributed by atoms with E-state index in [1.165, 1.54) is 12.1 Å². The second-order valence-electron chi connectivity index (χ2n) is 6.10. The molecule has 6 heteroatoms. The van der Waals surface area contributed by atoms with E-state index in [1.807, 2.05) is 20.0 Å². The van der Waals surface area contributed by atoms with Crippen LogP contribution in [-0.2, 0) is 10.1 Å². The molecule has 0 bridgehead atoms. The Morgan fingerprint density at radius 1 is 1.05 bits per heavy atom. The van der Waals surface area contributed by atoms with Gasteiger partial charge in [-0.15, -0.1) is 0 Å². The second kappa shape index (κ2) is 6.17. The van der Waals surface area contributed by atoms with Crippen LogP contribution in [0.15, 0.2) is 29.2 Å². The van der Waals surface area contributed by atoms with Gasteiger partial charge in [-0.2, -0.15) is 8.42 Å². The van der Waals surface area contributed by atoms with E-state index in [2.05, 4.69) is 20.8 Å². The van der Waals surface area contributed by atoms with Gasteiger partial charge in [-0.3, -0.25) is 4.55 Å². The number of aryl methyl sites for hydroxylation is 1. The zero-order chi connectivity index (χ0) is 15.5. The maximum Gasteiger partial charge on any atom is 0.294 e. The van der Waals surface area contributed by atoms with E-state index in [9.17, 15) is 13.2 Å². The molecule has 19 heavy (non-hydrogen) atoms. The number of benzene rings is 1. The quantitative estimate of drug-likeness (QED) is 0.617. The van der Waals surface area contributed by atoms with Crippen LogP contribution >= 0.6 is 0 Å². The lowest BCUT2D eigenvalue weighted by molar-refractivity contribution is 0.483. The smallest absolute Gasteiger partial charge is 0.294 e. The lowest BCUT2D eigenvalue weighted by Gasteiger charge is -2.30. The van der Waals surface area contributed by atoms with E-state index in [0.717, 1.165) is 5.56 Å². The van der Waals surface area contributed by atoms with Crippen LogP contribution in [0.4, 0.5) is 0 Å². The van der Waals surface area contributed by atoms with Gasteiger partial charge in [-0.25, -0.2) is 0 Å². The van der Waals surface area contributed by atoms with E-state index >= 15 is 0 Å². The Bertz CT molecular complexity index is 481. The monoisotopic (exact) mass is 304 g/mol. The summed E-state index contributed by atoms with van der Waals surface area (Å²) in [5.41, 5.74) is 0.956. The van der Waals surface area contributed by atoms with Gasteiger partial charge >= 0.3 is 0 Å². The molecule has 0 aliphatic heterocycles. The van der Waals surface area contributed by atoms with E-state index in [-0.39, 0.29) is 9.93 Å². The van der Waals surface area contributed by atoms with Crippen molar-refractivity contribution in [2.75, 3.05) is 0 Å². The Kier molecular flexibility index (Phi) is 5.95. The summed E-state index contributed by atoms with van der Waals surface area (Å²) in [7, 11) is -5.88. The number of hydrogen-bond acceptors (Lipinski definition) is 3. The van der Waals surface area contributed by atoms with Gasteiger partial charge in [0, 0.05) is 0 Å². The molecule has 0 aliphatic carbocycles. The average molecular weight is 304 g/mol. The molecule has 0 aliphatic rings. The molecule has 1 aromatic carbocycles.